The Bertz CT molecular complexity index is 1340. The van der Waals surface area contributed by atoms with E-state index >= 15 is 0 Å². The van der Waals surface area contributed by atoms with Crippen molar-refractivity contribution in [2.75, 3.05) is 0 Å². The molecule has 1 unspecified atom stereocenters. The molecule has 4 aromatic rings. The Balaban J connectivity index is 1.48. The second-order valence-corrected chi connectivity index (χ2v) is 7.58. The Morgan fingerprint density at radius 2 is 1.90 bits per heavy atom. The van der Waals surface area contributed by atoms with Crippen molar-refractivity contribution in [3.05, 3.63) is 100 Å². The zero-order chi connectivity index (χ0) is 21.4. The van der Waals surface area contributed by atoms with E-state index in [1.165, 1.54) is 15.9 Å². The Kier molecular flexibility index (Phi) is 4.71. The predicted octanol–water partition coefficient (Wildman–Crippen LogP) is 3.68. The van der Waals surface area contributed by atoms with Crippen molar-refractivity contribution in [3.8, 4) is 0 Å². The second-order valence-electron chi connectivity index (χ2n) is 7.58. The quantitative estimate of drug-likeness (QED) is 0.512. The third-order valence-electron chi connectivity index (χ3n) is 5.46. The maximum absolute atomic E-state index is 13.2. The van der Waals surface area contributed by atoms with Crippen LogP contribution in [0.5, 0.6) is 0 Å². The van der Waals surface area contributed by atoms with Crippen molar-refractivity contribution >= 4 is 22.5 Å². The van der Waals surface area contributed by atoms with E-state index < -0.39 is 0 Å². The number of amides is 1. The first-order chi connectivity index (χ1) is 15.1. The summed E-state index contributed by atoms with van der Waals surface area (Å²) in [4.78, 5) is 30.3. The molecule has 0 radical (unpaired) electrons. The van der Waals surface area contributed by atoms with Crippen LogP contribution in [0.15, 0.2) is 87.6 Å². The lowest BCUT2D eigenvalue weighted by Crippen LogP contribution is -2.34. The SMILES string of the molecule is Cc1ccc(C2=NN(C(=O)Cn3cnc4ccccc4c3=O)C(c3ccco3)C2)cc1. The van der Waals surface area contributed by atoms with Gasteiger partial charge in [-0.3, -0.25) is 14.2 Å². The number of para-hydroxylation sites is 1. The first kappa shape index (κ1) is 19.0. The van der Waals surface area contributed by atoms with Gasteiger partial charge in [0.1, 0.15) is 18.3 Å². The largest absolute Gasteiger partial charge is 0.467 e. The third-order valence-corrected chi connectivity index (χ3v) is 5.46. The van der Waals surface area contributed by atoms with E-state index in [0.717, 1.165) is 16.8 Å². The van der Waals surface area contributed by atoms with Crippen molar-refractivity contribution in [3.63, 3.8) is 0 Å². The summed E-state index contributed by atoms with van der Waals surface area (Å²) in [5, 5.41) is 6.52. The van der Waals surface area contributed by atoms with E-state index in [1.54, 1.807) is 30.5 Å². The van der Waals surface area contributed by atoms with Gasteiger partial charge in [-0.25, -0.2) is 9.99 Å². The van der Waals surface area contributed by atoms with Gasteiger partial charge in [-0.05, 0) is 36.8 Å². The fourth-order valence-electron chi connectivity index (χ4n) is 3.80. The highest BCUT2D eigenvalue weighted by Crippen LogP contribution is 2.33. The molecule has 1 amide bonds. The van der Waals surface area contributed by atoms with Crippen molar-refractivity contribution in [2.24, 2.45) is 5.10 Å². The smallest absolute Gasteiger partial charge is 0.263 e. The van der Waals surface area contributed by atoms with Crippen LogP contribution in [-0.4, -0.2) is 26.2 Å². The first-order valence-corrected chi connectivity index (χ1v) is 10.0. The first-order valence-electron chi connectivity index (χ1n) is 10.0. The Morgan fingerprint density at radius 3 is 2.68 bits per heavy atom. The number of furan rings is 1. The predicted molar refractivity (Wildman–Crippen MR) is 117 cm³/mol. The molecule has 0 saturated carbocycles. The van der Waals surface area contributed by atoms with Crippen LogP contribution in [0.4, 0.5) is 0 Å². The number of benzene rings is 2. The zero-order valence-electron chi connectivity index (χ0n) is 16.9. The number of hydrogen-bond donors (Lipinski definition) is 0. The minimum absolute atomic E-state index is 0.154. The number of rotatable bonds is 4. The molecule has 7 nitrogen and oxygen atoms in total. The zero-order valence-corrected chi connectivity index (χ0v) is 16.9. The van der Waals surface area contributed by atoms with Gasteiger partial charge in [0.2, 0.25) is 0 Å². The summed E-state index contributed by atoms with van der Waals surface area (Å²) in [5.41, 5.74) is 3.27. The molecular formula is C24H20N4O3. The van der Waals surface area contributed by atoms with Crippen LogP contribution >= 0.6 is 0 Å². The van der Waals surface area contributed by atoms with Crippen molar-refractivity contribution < 1.29 is 9.21 Å². The van der Waals surface area contributed by atoms with Gasteiger partial charge in [0.25, 0.3) is 11.5 Å². The number of nitrogens with zero attached hydrogens (tertiary/aromatic N) is 4. The van der Waals surface area contributed by atoms with Crippen molar-refractivity contribution in [1.29, 1.82) is 0 Å². The monoisotopic (exact) mass is 412 g/mol. The van der Waals surface area contributed by atoms with Gasteiger partial charge in [0.15, 0.2) is 0 Å². The van der Waals surface area contributed by atoms with Crippen LogP contribution in [0.25, 0.3) is 10.9 Å². The second kappa shape index (κ2) is 7.68. The van der Waals surface area contributed by atoms with Crippen LogP contribution in [0, 0.1) is 6.92 Å². The van der Waals surface area contributed by atoms with Crippen LogP contribution in [0.2, 0.25) is 0 Å². The minimum Gasteiger partial charge on any atom is -0.467 e. The molecule has 1 aliphatic heterocycles. The number of carbonyl (C=O) groups is 1. The fourth-order valence-corrected chi connectivity index (χ4v) is 3.80. The van der Waals surface area contributed by atoms with Gasteiger partial charge in [0.05, 0.1) is 29.2 Å². The molecule has 0 aliphatic carbocycles. The maximum Gasteiger partial charge on any atom is 0.263 e. The average Bonchev–Trinajstić information content (AvgIpc) is 3.46. The molecule has 5 rings (SSSR count). The van der Waals surface area contributed by atoms with Crippen LogP contribution in [-0.2, 0) is 11.3 Å². The highest BCUT2D eigenvalue weighted by Gasteiger charge is 2.35. The lowest BCUT2D eigenvalue weighted by molar-refractivity contribution is -0.134. The lowest BCUT2D eigenvalue weighted by atomic mass is 10.0. The van der Waals surface area contributed by atoms with E-state index in [-0.39, 0.29) is 24.1 Å². The summed E-state index contributed by atoms with van der Waals surface area (Å²) in [6.45, 7) is 1.87. The Labute approximate surface area is 178 Å². The molecule has 3 heterocycles. The normalized spacial score (nSPS) is 16.0. The van der Waals surface area contributed by atoms with Gasteiger partial charge in [-0.15, -0.1) is 0 Å². The van der Waals surface area contributed by atoms with E-state index in [9.17, 15) is 9.59 Å². The number of hydrogen-bond acceptors (Lipinski definition) is 5. The molecular weight excluding hydrogens is 392 g/mol. The van der Waals surface area contributed by atoms with Crippen LogP contribution in [0.3, 0.4) is 0 Å². The van der Waals surface area contributed by atoms with Gasteiger partial charge >= 0.3 is 0 Å². The highest BCUT2D eigenvalue weighted by molar-refractivity contribution is 6.03. The number of aryl methyl sites for hydroxylation is 1. The Hall–Kier alpha value is -4.00. The Morgan fingerprint density at radius 1 is 1.10 bits per heavy atom. The molecule has 0 spiro atoms. The summed E-state index contributed by atoms with van der Waals surface area (Å²) in [5.74, 6) is 0.353. The molecule has 1 atom stereocenters. The highest BCUT2D eigenvalue weighted by atomic mass is 16.3. The molecule has 0 saturated heterocycles. The van der Waals surface area contributed by atoms with E-state index in [1.807, 2.05) is 43.3 Å². The van der Waals surface area contributed by atoms with Gasteiger partial charge < -0.3 is 4.42 Å². The molecule has 1 aliphatic rings. The number of hydrazone groups is 1. The third kappa shape index (κ3) is 3.54. The topological polar surface area (TPSA) is 80.7 Å². The number of fused-ring (bicyclic) bond motifs is 1. The van der Waals surface area contributed by atoms with Gasteiger partial charge in [0, 0.05) is 6.42 Å². The van der Waals surface area contributed by atoms with Crippen molar-refractivity contribution in [2.45, 2.75) is 25.9 Å². The standard InChI is InChI=1S/C24H20N4O3/c1-16-8-10-17(11-9-16)20-13-21(22-7-4-12-31-22)28(26-20)23(29)14-27-15-25-19-6-3-2-5-18(19)24(27)30/h2-12,15,21H,13-14H2,1H3. The summed E-state index contributed by atoms with van der Waals surface area (Å²) in [7, 11) is 0. The van der Waals surface area contributed by atoms with E-state index in [0.29, 0.717) is 23.1 Å². The summed E-state index contributed by atoms with van der Waals surface area (Å²) < 4.78 is 6.91. The molecule has 2 aromatic heterocycles. The van der Waals surface area contributed by atoms with E-state index in [2.05, 4.69) is 10.1 Å². The van der Waals surface area contributed by atoms with Gasteiger partial charge in [-0.1, -0.05) is 42.0 Å². The molecule has 154 valence electrons. The maximum atomic E-state index is 13.2. The van der Waals surface area contributed by atoms with Crippen molar-refractivity contribution in [1.82, 2.24) is 14.6 Å². The summed E-state index contributed by atoms with van der Waals surface area (Å²) in [6.07, 6.45) is 3.53. The molecule has 7 heteroatoms. The molecule has 0 N–H and O–H groups in total. The average molecular weight is 412 g/mol. The lowest BCUT2D eigenvalue weighted by Gasteiger charge is -2.20. The minimum atomic E-state index is -0.358. The molecule has 0 bridgehead atoms. The summed E-state index contributed by atoms with van der Waals surface area (Å²) in [6, 6.07) is 18.4. The van der Waals surface area contributed by atoms with E-state index in [4.69, 9.17) is 4.42 Å². The molecule has 2 aromatic carbocycles. The molecule has 31 heavy (non-hydrogen) atoms. The summed E-state index contributed by atoms with van der Waals surface area (Å²) >= 11 is 0. The fraction of sp³-hybridized carbons (Fsp3) is 0.167. The number of aromatic nitrogens is 2. The number of carbonyl (C=O) groups excluding carboxylic acids is 1. The van der Waals surface area contributed by atoms with Gasteiger partial charge in [-0.2, -0.15) is 5.10 Å². The van der Waals surface area contributed by atoms with Crippen LogP contribution in [0.1, 0.15) is 29.3 Å². The molecule has 0 fully saturated rings. The van der Waals surface area contributed by atoms with Crippen LogP contribution < -0.4 is 5.56 Å².